The van der Waals surface area contributed by atoms with Crippen LogP contribution in [0.4, 0.5) is 5.69 Å². The van der Waals surface area contributed by atoms with E-state index in [1.54, 1.807) is 4.90 Å². The first-order valence-electron chi connectivity index (χ1n) is 10.7. The van der Waals surface area contributed by atoms with E-state index in [1.165, 1.54) is 17.3 Å². The summed E-state index contributed by atoms with van der Waals surface area (Å²) in [5, 5.41) is 23.0. The van der Waals surface area contributed by atoms with Crippen LogP contribution in [0, 0.1) is 28.6 Å². The second-order valence-corrected chi connectivity index (χ2v) is 8.92. The summed E-state index contributed by atoms with van der Waals surface area (Å²) >= 11 is 1.32. The van der Waals surface area contributed by atoms with Gasteiger partial charge in [-0.3, -0.25) is 14.5 Å². The second kappa shape index (κ2) is 11.7. The van der Waals surface area contributed by atoms with E-state index in [-0.39, 0.29) is 12.5 Å². The number of morpholine rings is 1. The molecule has 3 atom stereocenters. The number of rotatable bonds is 9. The molecule has 2 fully saturated rings. The van der Waals surface area contributed by atoms with E-state index in [4.69, 9.17) is 10.00 Å². The highest BCUT2D eigenvalue weighted by molar-refractivity contribution is 8.01. The van der Waals surface area contributed by atoms with Gasteiger partial charge in [0.2, 0.25) is 11.8 Å². The molecule has 3 unspecified atom stereocenters. The third kappa shape index (κ3) is 5.92. The maximum atomic E-state index is 12.9. The summed E-state index contributed by atoms with van der Waals surface area (Å²) in [6.07, 6.45) is 0. The highest BCUT2D eigenvalue weighted by atomic mass is 32.2. The number of anilines is 1. The molecule has 32 heavy (non-hydrogen) atoms. The molecular weight excluding hydrogens is 428 g/mol. The zero-order valence-electron chi connectivity index (χ0n) is 18.1. The molecule has 0 aromatic heterocycles. The first-order valence-corrected chi connectivity index (χ1v) is 11.6. The number of carbonyl (C=O) groups excluding carboxylic acids is 2. The number of nitriles is 2. The van der Waals surface area contributed by atoms with Gasteiger partial charge in [0.05, 0.1) is 25.4 Å². The Morgan fingerprint density at radius 3 is 2.81 bits per heavy atom. The summed E-state index contributed by atoms with van der Waals surface area (Å²) in [4.78, 5) is 29.1. The van der Waals surface area contributed by atoms with Crippen molar-refractivity contribution in [3.63, 3.8) is 0 Å². The summed E-state index contributed by atoms with van der Waals surface area (Å²) < 4.78 is 5.40. The number of nitrogens with one attached hydrogen (secondary N) is 2. The number of hydrogen-bond acceptors (Lipinski definition) is 8. The average molecular weight is 457 g/mol. The number of benzene rings is 1. The Hall–Kier alpha value is -2.79. The molecule has 9 nitrogen and oxygen atoms in total. The summed E-state index contributed by atoms with van der Waals surface area (Å²) in [5.74, 6) is -1.64. The van der Waals surface area contributed by atoms with Gasteiger partial charge in [-0.15, -0.1) is 11.8 Å². The molecule has 2 N–H and O–H groups in total. The lowest BCUT2D eigenvalue weighted by atomic mass is 10.1. The zero-order valence-corrected chi connectivity index (χ0v) is 18.9. The number of ether oxygens (including phenoxy) is 1. The summed E-state index contributed by atoms with van der Waals surface area (Å²) in [6.45, 7) is 6.67. The lowest BCUT2D eigenvalue weighted by Gasteiger charge is -2.26. The van der Waals surface area contributed by atoms with E-state index in [9.17, 15) is 14.9 Å². The molecular formula is C22H28N6O3S. The average Bonchev–Trinajstić information content (AvgIpc) is 3.12. The molecule has 2 amide bonds. The third-order valence-electron chi connectivity index (χ3n) is 5.49. The molecule has 3 rings (SSSR count). The minimum absolute atomic E-state index is 0.0900. The maximum Gasteiger partial charge on any atom is 0.241 e. The van der Waals surface area contributed by atoms with Crippen molar-refractivity contribution in [2.45, 2.75) is 24.1 Å². The van der Waals surface area contributed by atoms with Crippen LogP contribution in [-0.2, 0) is 20.9 Å². The van der Waals surface area contributed by atoms with Crippen LogP contribution in [0.2, 0.25) is 0 Å². The Morgan fingerprint density at radius 2 is 2.12 bits per heavy atom. The van der Waals surface area contributed by atoms with Crippen LogP contribution >= 0.6 is 11.8 Å². The first kappa shape index (κ1) is 23.9. The van der Waals surface area contributed by atoms with E-state index in [0.717, 1.165) is 38.5 Å². The van der Waals surface area contributed by atoms with Gasteiger partial charge in [0, 0.05) is 38.4 Å². The number of carbonyl (C=O) groups is 2. The van der Waals surface area contributed by atoms with Crippen molar-refractivity contribution in [2.75, 3.05) is 51.3 Å². The molecule has 2 aliphatic rings. The molecule has 0 aliphatic carbocycles. The minimum atomic E-state index is -1.03. The fourth-order valence-electron chi connectivity index (χ4n) is 3.84. The lowest BCUT2D eigenvalue weighted by molar-refractivity contribution is -0.131. The van der Waals surface area contributed by atoms with E-state index in [1.807, 2.05) is 31.2 Å². The van der Waals surface area contributed by atoms with Crippen LogP contribution in [0.5, 0.6) is 0 Å². The maximum absolute atomic E-state index is 12.9. The molecule has 0 bridgehead atoms. The van der Waals surface area contributed by atoms with Gasteiger partial charge in [-0.25, -0.2) is 0 Å². The Balaban J connectivity index is 1.61. The summed E-state index contributed by atoms with van der Waals surface area (Å²) in [5.41, 5.74) is 2.12. The number of hydrogen-bond donors (Lipinski definition) is 2. The van der Waals surface area contributed by atoms with Gasteiger partial charge in [-0.1, -0.05) is 12.1 Å². The van der Waals surface area contributed by atoms with E-state index >= 15 is 0 Å². The molecule has 0 spiro atoms. The van der Waals surface area contributed by atoms with Gasteiger partial charge in [-0.05, 0) is 24.6 Å². The van der Waals surface area contributed by atoms with Crippen LogP contribution in [0.25, 0.3) is 0 Å². The topological polar surface area (TPSA) is 121 Å². The van der Waals surface area contributed by atoms with E-state index in [2.05, 4.69) is 27.7 Å². The third-order valence-corrected chi connectivity index (χ3v) is 6.99. The van der Waals surface area contributed by atoms with Crippen LogP contribution in [-0.4, -0.2) is 78.2 Å². The van der Waals surface area contributed by atoms with Crippen molar-refractivity contribution in [3.05, 3.63) is 29.8 Å². The van der Waals surface area contributed by atoms with Crippen LogP contribution in [0.1, 0.15) is 12.5 Å². The Morgan fingerprint density at radius 1 is 1.34 bits per heavy atom. The van der Waals surface area contributed by atoms with Crippen molar-refractivity contribution in [1.29, 1.82) is 10.5 Å². The quantitative estimate of drug-likeness (QED) is 0.528. The molecule has 170 valence electrons. The molecule has 0 radical (unpaired) electrons. The number of thioether (sulfide) groups is 1. The van der Waals surface area contributed by atoms with Crippen LogP contribution in [0.3, 0.4) is 0 Å². The van der Waals surface area contributed by atoms with E-state index in [0.29, 0.717) is 13.1 Å². The number of nitrogens with zero attached hydrogens (tertiary/aromatic N) is 4. The lowest BCUT2D eigenvalue weighted by Crippen LogP contribution is -2.44. The molecule has 10 heteroatoms. The predicted octanol–water partition coefficient (Wildman–Crippen LogP) is 1.00. The Kier molecular flexibility index (Phi) is 8.74. The fraction of sp³-hybridized carbons (Fsp3) is 0.545. The second-order valence-electron chi connectivity index (χ2n) is 7.59. The standard InChI is InChI=1S/C22H28N6O3S/c1-2-28-21(30)19(32-22(28)18(13-24)20(29)25-7-6-23)14-26-17-5-3-4-16(12-17)15-27-8-10-31-11-9-27/h3-5,12,18-19,22,26H,2,7-11,14-15H2,1H3,(H,25,29). The van der Waals surface area contributed by atoms with Gasteiger partial charge in [0.15, 0.2) is 5.92 Å². The van der Waals surface area contributed by atoms with Crippen LogP contribution < -0.4 is 10.6 Å². The van der Waals surface area contributed by atoms with Crippen molar-refractivity contribution in [2.24, 2.45) is 5.92 Å². The van der Waals surface area contributed by atoms with Gasteiger partial charge in [0.1, 0.15) is 17.2 Å². The smallest absolute Gasteiger partial charge is 0.241 e. The molecule has 2 saturated heterocycles. The summed E-state index contributed by atoms with van der Waals surface area (Å²) in [6, 6.07) is 12.0. The summed E-state index contributed by atoms with van der Waals surface area (Å²) in [7, 11) is 0. The van der Waals surface area contributed by atoms with Crippen molar-refractivity contribution >= 4 is 29.3 Å². The SMILES string of the molecule is CCN1C(=O)C(CNc2cccc(CN3CCOCC3)c2)SC1C(C#N)C(=O)NCC#N. The normalized spacial score (nSPS) is 22.1. The Labute approximate surface area is 192 Å². The highest BCUT2D eigenvalue weighted by Crippen LogP contribution is 2.36. The molecule has 1 aromatic carbocycles. The minimum Gasteiger partial charge on any atom is -0.383 e. The monoisotopic (exact) mass is 456 g/mol. The highest BCUT2D eigenvalue weighted by Gasteiger charge is 2.45. The molecule has 0 saturated carbocycles. The predicted molar refractivity (Wildman–Crippen MR) is 121 cm³/mol. The fourth-order valence-corrected chi connectivity index (χ4v) is 5.35. The van der Waals surface area contributed by atoms with E-state index < -0.39 is 22.4 Å². The van der Waals surface area contributed by atoms with Gasteiger partial charge >= 0.3 is 0 Å². The van der Waals surface area contributed by atoms with Crippen molar-refractivity contribution in [1.82, 2.24) is 15.1 Å². The van der Waals surface area contributed by atoms with Gasteiger partial charge < -0.3 is 20.3 Å². The molecule has 2 heterocycles. The van der Waals surface area contributed by atoms with Gasteiger partial charge in [0.25, 0.3) is 0 Å². The Bertz CT molecular complexity index is 892. The first-order chi connectivity index (χ1) is 15.6. The van der Waals surface area contributed by atoms with Crippen molar-refractivity contribution < 1.29 is 14.3 Å². The molecule has 2 aliphatic heterocycles. The van der Waals surface area contributed by atoms with Crippen LogP contribution in [0.15, 0.2) is 24.3 Å². The van der Waals surface area contributed by atoms with Crippen molar-refractivity contribution in [3.8, 4) is 12.1 Å². The van der Waals surface area contributed by atoms with Gasteiger partial charge in [-0.2, -0.15) is 10.5 Å². The zero-order chi connectivity index (χ0) is 22.9. The number of amides is 2. The molecule has 1 aromatic rings. The largest absolute Gasteiger partial charge is 0.383 e.